The molecule has 1 saturated heterocycles. The lowest BCUT2D eigenvalue weighted by atomic mass is 9.85. The van der Waals surface area contributed by atoms with Gasteiger partial charge in [0, 0.05) is 12.5 Å². The highest BCUT2D eigenvalue weighted by molar-refractivity contribution is 6.44. The van der Waals surface area contributed by atoms with E-state index in [2.05, 4.69) is 29.8 Å². The van der Waals surface area contributed by atoms with E-state index in [1.165, 1.54) is 11.3 Å². The first-order valence-corrected chi connectivity index (χ1v) is 17.9. The van der Waals surface area contributed by atoms with E-state index in [4.69, 9.17) is 33.7 Å². The van der Waals surface area contributed by atoms with Crippen LogP contribution >= 0.6 is 23.2 Å². The lowest BCUT2D eigenvalue weighted by Gasteiger charge is -2.35. The number of esters is 1. The predicted molar refractivity (Wildman–Crippen MR) is 191 cm³/mol. The van der Waals surface area contributed by atoms with Crippen molar-refractivity contribution in [3.63, 3.8) is 0 Å². The van der Waals surface area contributed by atoms with Gasteiger partial charge in [-0.1, -0.05) is 98.1 Å². The van der Waals surface area contributed by atoms with Gasteiger partial charge in [0.05, 0.1) is 6.04 Å². The monoisotopic (exact) mass is 727 g/mol. The number of urea groups is 1. The number of rotatable bonds is 13. The van der Waals surface area contributed by atoms with E-state index in [-0.39, 0.29) is 25.3 Å². The number of ketones is 1. The number of primary amides is 1. The largest absolute Gasteiger partial charge is 0.456 e. The van der Waals surface area contributed by atoms with Crippen molar-refractivity contribution in [3.05, 3.63) is 35.9 Å². The molecule has 1 aliphatic carbocycles. The third kappa shape index (κ3) is 14.6. The number of likely N-dealkylation sites (tertiary alicyclic amines) is 1. The third-order valence-corrected chi connectivity index (χ3v) is 8.49. The van der Waals surface area contributed by atoms with Gasteiger partial charge < -0.3 is 31.3 Å². The second kappa shape index (κ2) is 21.0. The standard InChI is InChI=1S/C30H41Cl2N5O7.C3H8.C2H6/c1-16(18-8-6-5-7-9-18)44-22(38)14-34-29(43)36-24(30(2,3)4)28(42)37-15-19(25(31)32)13-21(37)27(41)35-20(12-17-10-11-17)23(39)26(33)40;1-3-2;1-2/h5-9,16-17,19-21,24-25H,10-15H2,1-4H3,(H2,33,40)(H,35,41)(H2,34,36,43);3H2,1-2H3;1-2H3/t16-,19+,20?,21?,24?;;/m0../s1. The molecule has 2 fully saturated rings. The molecule has 2 aliphatic rings. The Hall–Kier alpha value is -3.38. The summed E-state index contributed by atoms with van der Waals surface area (Å²) in [6.45, 7) is 14.7. The number of nitrogens with zero attached hydrogens (tertiary/aromatic N) is 1. The number of benzene rings is 1. The molecule has 0 radical (unpaired) electrons. The maximum atomic E-state index is 14.0. The van der Waals surface area contributed by atoms with Crippen LogP contribution in [0.5, 0.6) is 0 Å². The first kappa shape index (κ1) is 43.6. The van der Waals surface area contributed by atoms with Crippen LogP contribution in [0.2, 0.25) is 0 Å². The molecule has 5 N–H and O–H groups in total. The Morgan fingerprint density at radius 3 is 2.06 bits per heavy atom. The Morgan fingerprint density at radius 2 is 1.57 bits per heavy atom. The number of ether oxygens (including phenoxy) is 1. The number of carbonyl (C=O) groups excluding carboxylic acids is 6. The van der Waals surface area contributed by atoms with Crippen molar-refractivity contribution in [1.29, 1.82) is 0 Å². The number of nitrogens with two attached hydrogens (primary N) is 1. The van der Waals surface area contributed by atoms with Gasteiger partial charge in [0.15, 0.2) is 0 Å². The number of alkyl halides is 2. The molecule has 5 amide bonds. The van der Waals surface area contributed by atoms with E-state index < -0.39 is 82.4 Å². The molecule has 1 aromatic carbocycles. The van der Waals surface area contributed by atoms with E-state index >= 15 is 0 Å². The predicted octanol–water partition coefficient (Wildman–Crippen LogP) is 4.81. The van der Waals surface area contributed by atoms with Crippen molar-refractivity contribution < 1.29 is 33.5 Å². The molecular weight excluding hydrogens is 673 g/mol. The van der Waals surface area contributed by atoms with Crippen molar-refractivity contribution in [2.75, 3.05) is 13.1 Å². The molecule has 3 unspecified atom stereocenters. The van der Waals surface area contributed by atoms with Crippen molar-refractivity contribution >= 4 is 58.7 Å². The fraction of sp³-hybridized carbons (Fsp3) is 0.657. The maximum absolute atomic E-state index is 14.0. The van der Waals surface area contributed by atoms with E-state index in [9.17, 15) is 28.8 Å². The van der Waals surface area contributed by atoms with Crippen LogP contribution in [0, 0.1) is 17.3 Å². The van der Waals surface area contributed by atoms with Crippen LogP contribution in [0.25, 0.3) is 0 Å². The molecule has 0 spiro atoms. The summed E-state index contributed by atoms with van der Waals surface area (Å²) in [6.07, 6.45) is 2.84. The van der Waals surface area contributed by atoms with Crippen LogP contribution in [0.3, 0.4) is 0 Å². The zero-order chi connectivity index (χ0) is 37.5. The summed E-state index contributed by atoms with van der Waals surface area (Å²) in [5.41, 5.74) is 5.18. The van der Waals surface area contributed by atoms with Gasteiger partial charge in [-0.15, -0.1) is 23.2 Å². The fourth-order valence-corrected chi connectivity index (χ4v) is 5.45. The van der Waals surface area contributed by atoms with E-state index in [0.29, 0.717) is 0 Å². The summed E-state index contributed by atoms with van der Waals surface area (Å²) >= 11 is 12.3. The molecule has 0 bridgehead atoms. The molecule has 5 atom stereocenters. The second-order valence-corrected chi connectivity index (χ2v) is 14.3. The smallest absolute Gasteiger partial charge is 0.326 e. The van der Waals surface area contributed by atoms with Crippen LogP contribution in [0.15, 0.2) is 30.3 Å². The molecule has 1 saturated carbocycles. The van der Waals surface area contributed by atoms with Gasteiger partial charge in [-0.05, 0) is 36.7 Å². The molecule has 49 heavy (non-hydrogen) atoms. The number of hydrogen-bond acceptors (Lipinski definition) is 7. The number of carbonyl (C=O) groups is 6. The Morgan fingerprint density at radius 1 is 1.00 bits per heavy atom. The highest BCUT2D eigenvalue weighted by atomic mass is 35.5. The van der Waals surface area contributed by atoms with Crippen LogP contribution < -0.4 is 21.7 Å². The van der Waals surface area contributed by atoms with Crippen molar-refractivity contribution in [2.24, 2.45) is 23.0 Å². The van der Waals surface area contributed by atoms with Crippen LogP contribution in [-0.4, -0.2) is 76.5 Å². The number of halogens is 2. The minimum Gasteiger partial charge on any atom is -0.456 e. The Balaban J connectivity index is 0.00000227. The molecular formula is C35H55Cl2N5O7. The quantitative estimate of drug-likeness (QED) is 0.128. The number of Topliss-reactive ketones (excluding diaryl/α,β-unsaturated/α-hetero) is 1. The van der Waals surface area contributed by atoms with Gasteiger partial charge in [0.2, 0.25) is 17.6 Å². The average molecular weight is 729 g/mol. The van der Waals surface area contributed by atoms with Gasteiger partial charge in [-0.3, -0.25) is 24.0 Å². The van der Waals surface area contributed by atoms with Crippen molar-refractivity contribution in [2.45, 2.75) is 117 Å². The summed E-state index contributed by atoms with van der Waals surface area (Å²) in [4.78, 5) is 77.1. The molecule has 0 aromatic heterocycles. The van der Waals surface area contributed by atoms with Crippen LogP contribution in [0.1, 0.15) is 99.2 Å². The van der Waals surface area contributed by atoms with E-state index in [1.807, 2.05) is 44.2 Å². The normalized spacial score (nSPS) is 18.7. The molecule has 12 nitrogen and oxygen atoms in total. The highest BCUT2D eigenvalue weighted by Crippen LogP contribution is 2.35. The summed E-state index contributed by atoms with van der Waals surface area (Å²) < 4.78 is 5.37. The van der Waals surface area contributed by atoms with Crippen molar-refractivity contribution in [3.8, 4) is 0 Å². The molecule has 1 aromatic rings. The molecule has 1 aliphatic heterocycles. The summed E-state index contributed by atoms with van der Waals surface area (Å²) in [5.74, 6) is -4.24. The number of amides is 5. The van der Waals surface area contributed by atoms with Gasteiger partial charge in [0.25, 0.3) is 5.91 Å². The van der Waals surface area contributed by atoms with Gasteiger partial charge >= 0.3 is 12.0 Å². The van der Waals surface area contributed by atoms with Crippen molar-refractivity contribution in [1.82, 2.24) is 20.9 Å². The molecule has 276 valence electrons. The van der Waals surface area contributed by atoms with Gasteiger partial charge in [-0.25, -0.2) is 4.79 Å². The van der Waals surface area contributed by atoms with E-state index in [0.717, 1.165) is 18.4 Å². The number of nitrogens with one attached hydrogen (secondary N) is 3. The lowest BCUT2D eigenvalue weighted by molar-refractivity contribution is -0.147. The van der Waals surface area contributed by atoms with Crippen LogP contribution in [-0.2, 0) is 28.7 Å². The lowest BCUT2D eigenvalue weighted by Crippen LogP contribution is -2.60. The minimum atomic E-state index is -1.16. The molecule has 14 heteroatoms. The first-order chi connectivity index (χ1) is 23.0. The average Bonchev–Trinajstić information content (AvgIpc) is 3.75. The zero-order valence-electron chi connectivity index (χ0n) is 30.0. The van der Waals surface area contributed by atoms with Crippen LogP contribution in [0.4, 0.5) is 4.79 Å². The summed E-state index contributed by atoms with van der Waals surface area (Å²) in [7, 11) is 0. The Kier molecular flexibility index (Phi) is 18.7. The van der Waals surface area contributed by atoms with Gasteiger partial charge in [0.1, 0.15) is 29.6 Å². The van der Waals surface area contributed by atoms with E-state index in [1.54, 1.807) is 27.7 Å². The summed E-state index contributed by atoms with van der Waals surface area (Å²) in [5, 5.41) is 7.66. The topological polar surface area (TPSA) is 177 Å². The Labute approximate surface area is 300 Å². The second-order valence-electron chi connectivity index (χ2n) is 13.2. The van der Waals surface area contributed by atoms with Gasteiger partial charge in [-0.2, -0.15) is 0 Å². The minimum absolute atomic E-state index is 0.0191. The molecule has 3 rings (SSSR count). The molecule has 1 heterocycles. The fourth-order valence-electron chi connectivity index (χ4n) is 5.08. The zero-order valence-corrected chi connectivity index (χ0v) is 31.5. The number of hydrogen-bond donors (Lipinski definition) is 4. The summed E-state index contributed by atoms with van der Waals surface area (Å²) in [6, 6.07) is 5.00. The first-order valence-electron chi connectivity index (χ1n) is 17.0. The third-order valence-electron chi connectivity index (χ3n) is 7.78. The highest BCUT2D eigenvalue weighted by Gasteiger charge is 2.47. The maximum Gasteiger partial charge on any atom is 0.326 e. The Bertz CT molecular complexity index is 1250. The SMILES string of the molecule is CC.CCC.C[C@H](OC(=O)CNC(=O)NC(C(=O)N1C[C@H](C(Cl)Cl)CC1C(=O)NC(CC1CC1)C(=O)C(N)=O)C(C)(C)C)c1ccccc1.